The van der Waals surface area contributed by atoms with Crippen molar-refractivity contribution >= 4 is 23.0 Å². The summed E-state index contributed by atoms with van der Waals surface area (Å²) in [6.07, 6.45) is 3.84. The molecule has 0 atom stereocenters. The Balaban J connectivity index is 1.93. The molecule has 4 nitrogen and oxygen atoms in total. The van der Waals surface area contributed by atoms with E-state index in [-0.39, 0.29) is 0 Å². The summed E-state index contributed by atoms with van der Waals surface area (Å²) in [7, 11) is 3.87. The van der Waals surface area contributed by atoms with Gasteiger partial charge in [-0.15, -0.1) is 0 Å². The fraction of sp³-hybridized carbons (Fsp3) is 0.231. The number of hydrogen-bond acceptors (Lipinski definition) is 2. The van der Waals surface area contributed by atoms with Crippen LogP contribution in [0, 0.1) is 0 Å². The highest BCUT2D eigenvalue weighted by Crippen LogP contribution is 2.08. The number of aryl methyl sites for hydroxylation is 1. The van der Waals surface area contributed by atoms with Crippen LogP contribution in [-0.2, 0) is 13.6 Å². The Labute approximate surface area is 112 Å². The number of rotatable bonds is 3. The molecule has 0 saturated heterocycles. The molecule has 0 radical (unpaired) electrons. The molecule has 1 aromatic carbocycles. The Bertz CT molecular complexity index is 521. The van der Waals surface area contributed by atoms with Crippen LogP contribution < -0.4 is 5.32 Å². The molecule has 18 heavy (non-hydrogen) atoms. The summed E-state index contributed by atoms with van der Waals surface area (Å²) in [6, 6.07) is 9.92. The van der Waals surface area contributed by atoms with E-state index in [1.165, 1.54) is 0 Å². The number of nitrogens with one attached hydrogen (secondary N) is 1. The second-order valence-electron chi connectivity index (χ2n) is 4.17. The molecule has 2 rings (SSSR count). The maximum Gasteiger partial charge on any atom is 0.173 e. The SMILES string of the molecule is CN(Cc1cnn(C)c1)C(=S)Nc1ccccc1. The molecule has 0 aliphatic rings. The minimum atomic E-state index is 0.699. The third kappa shape index (κ3) is 3.30. The van der Waals surface area contributed by atoms with Crippen molar-refractivity contribution in [1.29, 1.82) is 0 Å². The maximum atomic E-state index is 5.35. The summed E-state index contributed by atoms with van der Waals surface area (Å²) in [4.78, 5) is 1.99. The van der Waals surface area contributed by atoms with E-state index in [2.05, 4.69) is 10.4 Å². The monoisotopic (exact) mass is 260 g/mol. The fourth-order valence-corrected chi connectivity index (χ4v) is 1.82. The molecule has 94 valence electrons. The number of benzene rings is 1. The molecule has 0 amide bonds. The van der Waals surface area contributed by atoms with Gasteiger partial charge in [0.25, 0.3) is 0 Å². The van der Waals surface area contributed by atoms with Gasteiger partial charge in [-0.25, -0.2) is 0 Å². The van der Waals surface area contributed by atoms with Gasteiger partial charge in [-0.1, -0.05) is 18.2 Å². The van der Waals surface area contributed by atoms with Gasteiger partial charge in [0.05, 0.1) is 6.20 Å². The van der Waals surface area contributed by atoms with E-state index >= 15 is 0 Å². The maximum absolute atomic E-state index is 5.35. The Morgan fingerprint density at radius 2 is 2.11 bits per heavy atom. The topological polar surface area (TPSA) is 33.1 Å². The second kappa shape index (κ2) is 5.64. The van der Waals surface area contributed by atoms with Crippen molar-refractivity contribution in [1.82, 2.24) is 14.7 Å². The van der Waals surface area contributed by atoms with Gasteiger partial charge >= 0.3 is 0 Å². The number of nitrogens with zero attached hydrogens (tertiary/aromatic N) is 3. The summed E-state index contributed by atoms with van der Waals surface area (Å²) < 4.78 is 1.79. The normalized spacial score (nSPS) is 10.1. The van der Waals surface area contributed by atoms with Crippen molar-refractivity contribution in [2.24, 2.45) is 7.05 Å². The zero-order valence-electron chi connectivity index (χ0n) is 10.5. The molecule has 2 aromatic rings. The summed E-state index contributed by atoms with van der Waals surface area (Å²) in [5.41, 5.74) is 2.14. The number of para-hydroxylation sites is 1. The number of anilines is 1. The van der Waals surface area contributed by atoms with Crippen LogP contribution >= 0.6 is 12.2 Å². The van der Waals surface area contributed by atoms with Gasteiger partial charge in [-0.2, -0.15) is 5.10 Å². The molecular weight excluding hydrogens is 244 g/mol. The van der Waals surface area contributed by atoms with Crippen molar-refractivity contribution in [3.05, 3.63) is 48.3 Å². The highest BCUT2D eigenvalue weighted by Gasteiger charge is 2.06. The van der Waals surface area contributed by atoms with Crippen molar-refractivity contribution in [2.45, 2.75) is 6.54 Å². The average Bonchev–Trinajstić information content (AvgIpc) is 2.76. The zero-order valence-corrected chi connectivity index (χ0v) is 11.3. The predicted octanol–water partition coefficient (Wildman–Crippen LogP) is 2.25. The van der Waals surface area contributed by atoms with Crippen LogP contribution in [0.5, 0.6) is 0 Å². The Hall–Kier alpha value is -1.88. The van der Waals surface area contributed by atoms with Crippen molar-refractivity contribution in [3.8, 4) is 0 Å². The lowest BCUT2D eigenvalue weighted by Gasteiger charge is -2.20. The first-order chi connectivity index (χ1) is 8.65. The first-order valence-corrected chi connectivity index (χ1v) is 6.10. The van der Waals surface area contributed by atoms with Gasteiger partial charge in [-0.05, 0) is 24.4 Å². The van der Waals surface area contributed by atoms with Gasteiger partial charge in [0.15, 0.2) is 5.11 Å². The van der Waals surface area contributed by atoms with Gasteiger partial charge in [0.2, 0.25) is 0 Å². The second-order valence-corrected chi connectivity index (χ2v) is 4.56. The fourth-order valence-electron chi connectivity index (χ4n) is 1.64. The minimum Gasteiger partial charge on any atom is -0.348 e. The molecule has 0 spiro atoms. The molecule has 1 aromatic heterocycles. The van der Waals surface area contributed by atoms with Crippen molar-refractivity contribution in [2.75, 3.05) is 12.4 Å². The molecule has 0 saturated carbocycles. The molecule has 0 unspecified atom stereocenters. The van der Waals surface area contributed by atoms with E-state index in [4.69, 9.17) is 12.2 Å². The Morgan fingerprint density at radius 3 is 2.72 bits per heavy atom. The Morgan fingerprint density at radius 1 is 1.39 bits per heavy atom. The van der Waals surface area contributed by atoms with Gasteiger partial charge in [-0.3, -0.25) is 4.68 Å². The van der Waals surface area contributed by atoms with Crippen molar-refractivity contribution in [3.63, 3.8) is 0 Å². The number of thiocarbonyl (C=S) groups is 1. The summed E-state index contributed by atoms with van der Waals surface area (Å²) in [5.74, 6) is 0. The molecule has 5 heteroatoms. The van der Waals surface area contributed by atoms with E-state index in [1.807, 2.05) is 61.7 Å². The molecule has 0 aliphatic heterocycles. The smallest absolute Gasteiger partial charge is 0.173 e. The van der Waals surface area contributed by atoms with E-state index in [0.717, 1.165) is 17.8 Å². The third-order valence-electron chi connectivity index (χ3n) is 2.55. The molecular formula is C13H16N4S. The van der Waals surface area contributed by atoms with Crippen LogP contribution in [0.2, 0.25) is 0 Å². The van der Waals surface area contributed by atoms with Gasteiger partial charge in [0.1, 0.15) is 0 Å². The van der Waals surface area contributed by atoms with Crippen LogP contribution in [0.4, 0.5) is 5.69 Å². The average molecular weight is 260 g/mol. The Kier molecular flexibility index (Phi) is 3.94. The van der Waals surface area contributed by atoms with Crippen LogP contribution in [-0.4, -0.2) is 26.8 Å². The summed E-state index contributed by atoms with van der Waals surface area (Å²) >= 11 is 5.35. The lowest BCUT2D eigenvalue weighted by molar-refractivity contribution is 0.508. The van der Waals surface area contributed by atoms with Gasteiger partial charge in [0, 0.05) is 38.1 Å². The lowest BCUT2D eigenvalue weighted by Crippen LogP contribution is -2.30. The van der Waals surface area contributed by atoms with Crippen LogP contribution in [0.1, 0.15) is 5.56 Å². The molecule has 0 bridgehead atoms. The lowest BCUT2D eigenvalue weighted by atomic mass is 10.3. The van der Waals surface area contributed by atoms with Crippen LogP contribution in [0.15, 0.2) is 42.7 Å². The van der Waals surface area contributed by atoms with E-state index in [0.29, 0.717) is 5.11 Å². The van der Waals surface area contributed by atoms with Gasteiger partial charge < -0.3 is 10.2 Å². The summed E-state index contributed by atoms with van der Waals surface area (Å²) in [5, 5.41) is 8.04. The standard InChI is InChI=1S/C13H16N4S/c1-16(9-11-8-14-17(2)10-11)13(18)15-12-6-4-3-5-7-12/h3-8,10H,9H2,1-2H3,(H,15,18). The highest BCUT2D eigenvalue weighted by atomic mass is 32.1. The molecule has 1 N–H and O–H groups in total. The number of aromatic nitrogens is 2. The number of hydrogen-bond donors (Lipinski definition) is 1. The minimum absolute atomic E-state index is 0.699. The summed E-state index contributed by atoms with van der Waals surface area (Å²) in [6.45, 7) is 0.743. The molecule has 0 aliphatic carbocycles. The zero-order chi connectivity index (χ0) is 13.0. The molecule has 1 heterocycles. The largest absolute Gasteiger partial charge is 0.348 e. The molecule has 0 fully saturated rings. The third-order valence-corrected chi connectivity index (χ3v) is 2.96. The van der Waals surface area contributed by atoms with E-state index in [1.54, 1.807) is 4.68 Å². The predicted molar refractivity (Wildman–Crippen MR) is 77.3 cm³/mol. The first-order valence-electron chi connectivity index (χ1n) is 5.70. The van der Waals surface area contributed by atoms with Crippen LogP contribution in [0.3, 0.4) is 0 Å². The first kappa shape index (κ1) is 12.6. The van der Waals surface area contributed by atoms with Crippen molar-refractivity contribution < 1.29 is 0 Å². The quantitative estimate of drug-likeness (QED) is 0.858. The van der Waals surface area contributed by atoms with E-state index < -0.39 is 0 Å². The van der Waals surface area contributed by atoms with E-state index in [9.17, 15) is 0 Å². The highest BCUT2D eigenvalue weighted by molar-refractivity contribution is 7.80. The van der Waals surface area contributed by atoms with Crippen LogP contribution in [0.25, 0.3) is 0 Å².